The number of carbonyl (C=O) groups is 4. The van der Waals surface area contributed by atoms with Crippen molar-refractivity contribution in [2.24, 2.45) is 11.3 Å². The zero-order chi connectivity index (χ0) is 61.3. The van der Waals surface area contributed by atoms with E-state index in [0.717, 1.165) is 115 Å². The molecule has 0 heterocycles. The topological polar surface area (TPSA) is 181 Å². The van der Waals surface area contributed by atoms with Crippen LogP contribution in [-0.4, -0.2) is 76.2 Å². The maximum atomic E-state index is 13.3. The van der Waals surface area contributed by atoms with Crippen molar-refractivity contribution in [1.29, 1.82) is 0 Å². The van der Waals surface area contributed by atoms with Crippen LogP contribution in [0.3, 0.4) is 0 Å². The lowest BCUT2D eigenvalue weighted by Gasteiger charge is -2.25. The Morgan fingerprint density at radius 1 is 0.566 bits per heavy atom. The average molecular weight is 1160 g/mol. The van der Waals surface area contributed by atoms with Crippen LogP contribution >= 0.6 is 0 Å². The van der Waals surface area contributed by atoms with Gasteiger partial charge in [0.25, 0.3) is 5.95 Å². The summed E-state index contributed by atoms with van der Waals surface area (Å²) in [5.41, 5.74) is 2.32. The first-order valence-electron chi connectivity index (χ1n) is 30.6. The van der Waals surface area contributed by atoms with Gasteiger partial charge in [-0.1, -0.05) is 150 Å². The fourth-order valence-corrected chi connectivity index (χ4v) is 8.07. The summed E-state index contributed by atoms with van der Waals surface area (Å²) in [6.07, 6.45) is 23.7. The molecule has 0 saturated heterocycles. The third-order valence-electron chi connectivity index (χ3n) is 13.9. The van der Waals surface area contributed by atoms with Crippen LogP contribution in [0.25, 0.3) is 12.2 Å². The van der Waals surface area contributed by atoms with Crippen LogP contribution in [-0.2, 0) is 44.7 Å². The minimum Gasteiger partial charge on any atom is -0.489 e. The molecule has 2 atom stereocenters. The van der Waals surface area contributed by atoms with Crippen LogP contribution in [0.5, 0.6) is 34.5 Å². The van der Waals surface area contributed by atoms with E-state index in [1.54, 1.807) is 36.4 Å². The Hall–Kier alpha value is -6.48. The van der Waals surface area contributed by atoms with Crippen LogP contribution in [0.4, 0.5) is 0 Å². The summed E-state index contributed by atoms with van der Waals surface area (Å²) in [7, 11) is 2.91. The number of esters is 4. The molecule has 3 aromatic rings. The molecule has 0 aliphatic carbocycles. The molecule has 1 N–H and O–H groups in total. The fraction of sp³-hybridized carbons (Fsp3) is 0.588. The van der Waals surface area contributed by atoms with Gasteiger partial charge in [-0.05, 0) is 108 Å². The highest BCUT2D eigenvalue weighted by atomic mass is 16.7. The third-order valence-corrected chi connectivity index (χ3v) is 13.9. The molecular weight excluding hydrogens is 1060 g/mol. The molecule has 0 amide bonds. The van der Waals surface area contributed by atoms with Gasteiger partial charge < -0.3 is 52.5 Å². The molecule has 15 nitrogen and oxygen atoms in total. The maximum Gasteiger partial charge on any atom is 0.336 e. The van der Waals surface area contributed by atoms with Crippen molar-refractivity contribution >= 4 is 36.0 Å². The molecule has 0 aliphatic rings. The van der Waals surface area contributed by atoms with Crippen molar-refractivity contribution in [1.82, 2.24) is 0 Å². The molecule has 15 heteroatoms. The standard InChI is InChI=1S/C61H88O13.C7H14O2/c1-9-14-18-22-41-67-57-48(28-29-50(45-71-47(7)66-8)59(57)69-43-24-20-16-11-3)31-38-55(63)72-51-33-35-52(36-34-51)73-56(64)39-32-49-30-37-53(54(27-26-40-62)74-61(65)46(6)13-5)60(70-44-25-21-17-12-4)58(49)68-42-23-19-15-10-2;1-5-7(2,3)6(8)9-4/h28-39,46,54,62H,7,9-27,40-45H2,1-6,8H3;5H2,1-4H3/b38-31+,39-32+;. The highest BCUT2D eigenvalue weighted by Gasteiger charge is 2.28. The molecular formula is C68H102O15. The van der Waals surface area contributed by atoms with Crippen LogP contribution in [0.2, 0.25) is 0 Å². The van der Waals surface area contributed by atoms with Crippen molar-refractivity contribution in [3.8, 4) is 34.5 Å². The van der Waals surface area contributed by atoms with Crippen LogP contribution < -0.4 is 28.4 Å². The zero-order valence-corrected chi connectivity index (χ0v) is 52.3. The SMILES string of the molecule is C=C(OC)OCc1ccc(/C=C/C(=O)Oc2ccc(OC(=O)/C=C/c3ccc(C(CCCO)OC(=O)C(C)CC)c(OCCCCCC)c3OCCCCCC)cc2)c(OCCCCCC)c1OCCCCCC.CCC(C)(C)C(=O)OC. The van der Waals surface area contributed by atoms with E-state index < -0.39 is 18.0 Å². The quantitative estimate of drug-likeness (QED) is 0.0186. The van der Waals surface area contributed by atoms with Crippen molar-refractivity contribution < 1.29 is 71.7 Å². The van der Waals surface area contributed by atoms with Crippen LogP contribution in [0, 0.1) is 11.3 Å². The van der Waals surface area contributed by atoms with Crippen molar-refractivity contribution in [3.63, 3.8) is 0 Å². The van der Waals surface area contributed by atoms with E-state index in [0.29, 0.717) is 85.4 Å². The normalized spacial score (nSPS) is 12.0. The lowest BCUT2D eigenvalue weighted by molar-refractivity contribution is -0.154. The molecule has 2 unspecified atom stereocenters. The van der Waals surface area contributed by atoms with Gasteiger partial charge in [0.1, 0.15) is 24.2 Å². The third kappa shape index (κ3) is 28.6. The number of benzene rings is 3. The number of unbranched alkanes of at least 4 members (excludes halogenated alkanes) is 12. The van der Waals surface area contributed by atoms with E-state index in [9.17, 15) is 24.3 Å². The van der Waals surface area contributed by atoms with E-state index in [2.05, 4.69) is 39.0 Å². The minimum absolute atomic E-state index is 0.0621. The fourth-order valence-electron chi connectivity index (χ4n) is 8.07. The molecule has 0 radical (unpaired) electrons. The molecule has 0 aromatic heterocycles. The number of rotatable bonds is 43. The summed E-state index contributed by atoms with van der Waals surface area (Å²) >= 11 is 0. The van der Waals surface area contributed by atoms with E-state index in [1.807, 2.05) is 58.9 Å². The zero-order valence-electron chi connectivity index (χ0n) is 52.3. The summed E-state index contributed by atoms with van der Waals surface area (Å²) in [4.78, 5) is 50.6. The summed E-state index contributed by atoms with van der Waals surface area (Å²) in [5.74, 6) is 0.617. The second-order valence-corrected chi connectivity index (χ2v) is 21.2. The Kier molecular flexibility index (Phi) is 37.8. The van der Waals surface area contributed by atoms with Gasteiger partial charge >= 0.3 is 23.9 Å². The lowest BCUT2D eigenvalue weighted by Crippen LogP contribution is -2.24. The molecule has 0 aliphatic heterocycles. The van der Waals surface area contributed by atoms with Gasteiger partial charge in [-0.25, -0.2) is 9.59 Å². The molecule has 3 rings (SSSR count). The van der Waals surface area contributed by atoms with Gasteiger partial charge in [0.05, 0.1) is 52.0 Å². The average Bonchev–Trinajstić information content (AvgIpc) is 3.50. The first-order chi connectivity index (χ1) is 40.1. The summed E-state index contributed by atoms with van der Waals surface area (Å²) in [5, 5.41) is 9.80. The molecule has 0 bridgehead atoms. The van der Waals surface area contributed by atoms with E-state index >= 15 is 0 Å². The predicted octanol–water partition coefficient (Wildman–Crippen LogP) is 16.4. The number of ether oxygens (including phenoxy) is 10. The Morgan fingerprint density at radius 3 is 1.42 bits per heavy atom. The summed E-state index contributed by atoms with van der Waals surface area (Å²) < 4.78 is 58.6. The monoisotopic (exact) mass is 1160 g/mol. The van der Waals surface area contributed by atoms with Gasteiger partial charge in [-0.3, -0.25) is 9.59 Å². The van der Waals surface area contributed by atoms with Crippen molar-refractivity contribution in [2.45, 2.75) is 203 Å². The Balaban J connectivity index is 0.00000239. The number of aliphatic hydroxyl groups is 1. The second-order valence-electron chi connectivity index (χ2n) is 21.2. The van der Waals surface area contributed by atoms with E-state index in [4.69, 9.17) is 42.6 Å². The van der Waals surface area contributed by atoms with Gasteiger partial charge in [-0.15, -0.1) is 0 Å². The van der Waals surface area contributed by atoms with E-state index in [-0.39, 0.29) is 53.9 Å². The number of hydrogen-bond acceptors (Lipinski definition) is 15. The molecule has 0 fully saturated rings. The molecule has 0 spiro atoms. The Morgan fingerprint density at radius 2 is 1.01 bits per heavy atom. The molecule has 3 aromatic carbocycles. The number of carbonyl (C=O) groups excluding carboxylic acids is 4. The van der Waals surface area contributed by atoms with Gasteiger partial charge in [-0.2, -0.15) is 0 Å². The molecule has 83 heavy (non-hydrogen) atoms. The minimum atomic E-state index is -0.681. The molecule has 0 saturated carbocycles. The second kappa shape index (κ2) is 43.2. The maximum absolute atomic E-state index is 13.3. The van der Waals surface area contributed by atoms with Gasteiger partial charge in [0, 0.05) is 41.0 Å². The smallest absolute Gasteiger partial charge is 0.336 e. The van der Waals surface area contributed by atoms with Crippen LogP contribution in [0.15, 0.2) is 73.2 Å². The van der Waals surface area contributed by atoms with Gasteiger partial charge in [0.15, 0.2) is 23.0 Å². The Labute approximate surface area is 497 Å². The first-order valence-corrected chi connectivity index (χ1v) is 30.6. The number of hydrogen-bond donors (Lipinski definition) is 1. The van der Waals surface area contributed by atoms with Crippen molar-refractivity contribution in [3.05, 3.63) is 95.5 Å². The number of aliphatic hydroxyl groups excluding tert-OH is 1. The van der Waals surface area contributed by atoms with Crippen molar-refractivity contribution in [2.75, 3.05) is 47.3 Å². The summed E-state index contributed by atoms with van der Waals surface area (Å²) in [6, 6.07) is 13.6. The number of methoxy groups -OCH3 is 2. The highest BCUT2D eigenvalue weighted by Crippen LogP contribution is 2.43. The van der Waals surface area contributed by atoms with E-state index in [1.165, 1.54) is 26.4 Å². The summed E-state index contributed by atoms with van der Waals surface area (Å²) in [6.45, 7) is 23.8. The van der Waals surface area contributed by atoms with Gasteiger partial charge in [0.2, 0.25) is 0 Å². The Bertz CT molecular complexity index is 2390. The predicted molar refractivity (Wildman–Crippen MR) is 329 cm³/mol. The molecule has 464 valence electrons. The largest absolute Gasteiger partial charge is 0.489 e. The first kappa shape index (κ1) is 72.6. The van der Waals surface area contributed by atoms with Crippen LogP contribution in [0.1, 0.15) is 219 Å². The highest BCUT2D eigenvalue weighted by molar-refractivity contribution is 5.90. The lowest BCUT2D eigenvalue weighted by atomic mass is 9.91.